The van der Waals surface area contributed by atoms with Crippen LogP contribution in [-0.2, 0) is 17.6 Å². The minimum absolute atomic E-state index is 0.0220. The lowest BCUT2D eigenvalue weighted by Gasteiger charge is -2.24. The quantitative estimate of drug-likeness (QED) is 0.823. The smallest absolute Gasteiger partial charge is 0.387 e. The average molecular weight is 360 g/mol. The summed E-state index contributed by atoms with van der Waals surface area (Å²) in [5, 5.41) is 2.92. The van der Waals surface area contributed by atoms with E-state index < -0.39 is 6.61 Å². The maximum absolute atomic E-state index is 12.3. The molecule has 138 valence electrons. The largest absolute Gasteiger partial charge is 0.435 e. The molecule has 1 atom stereocenters. The molecular weight excluding hydrogens is 338 g/mol. The van der Waals surface area contributed by atoms with Gasteiger partial charge in [0.25, 0.3) is 0 Å². The predicted octanol–water partition coefficient (Wildman–Crippen LogP) is 3.40. The highest BCUT2D eigenvalue weighted by molar-refractivity contribution is 5.82. The van der Waals surface area contributed by atoms with Gasteiger partial charge in [0.15, 0.2) is 0 Å². The summed E-state index contributed by atoms with van der Waals surface area (Å²) in [5.41, 5.74) is 3.36. The van der Waals surface area contributed by atoms with Crippen molar-refractivity contribution in [1.82, 2.24) is 5.32 Å². The molecule has 0 radical (unpaired) electrons. The molecule has 1 aliphatic heterocycles. The first-order valence-electron chi connectivity index (χ1n) is 8.68. The number of rotatable bonds is 7. The Morgan fingerprint density at radius 3 is 2.69 bits per heavy atom. The second-order valence-corrected chi connectivity index (χ2v) is 6.43. The molecule has 2 aromatic rings. The lowest BCUT2D eigenvalue weighted by Crippen LogP contribution is -2.40. The molecule has 1 aliphatic rings. The number of amides is 1. The fourth-order valence-corrected chi connectivity index (χ4v) is 3.26. The van der Waals surface area contributed by atoms with Crippen molar-refractivity contribution in [3.8, 4) is 5.75 Å². The zero-order chi connectivity index (χ0) is 18.5. The van der Waals surface area contributed by atoms with Crippen LogP contribution in [0.4, 0.5) is 14.5 Å². The van der Waals surface area contributed by atoms with Gasteiger partial charge in [-0.2, -0.15) is 8.78 Å². The van der Waals surface area contributed by atoms with Crippen molar-refractivity contribution < 1.29 is 18.3 Å². The number of benzene rings is 2. The number of nitrogens with zero attached hydrogens (tertiary/aromatic N) is 1. The third-order valence-corrected chi connectivity index (χ3v) is 4.55. The van der Waals surface area contributed by atoms with Crippen molar-refractivity contribution in [3.63, 3.8) is 0 Å². The summed E-state index contributed by atoms with van der Waals surface area (Å²) < 4.78 is 28.6. The molecule has 6 heteroatoms. The second kappa shape index (κ2) is 8.17. The maximum Gasteiger partial charge on any atom is 0.387 e. The molecular formula is C20H22F2N2O2. The summed E-state index contributed by atoms with van der Waals surface area (Å²) in [5.74, 6) is 0.112. The molecule has 0 fully saturated rings. The highest BCUT2D eigenvalue weighted by Crippen LogP contribution is 2.31. The number of halogens is 2. The third kappa shape index (κ3) is 4.50. The SMILES string of the molecule is CC1Cc2ccccc2N1CC(=O)NCCc1ccc(OC(F)F)cc1. The molecule has 2 aromatic carbocycles. The second-order valence-electron chi connectivity index (χ2n) is 6.43. The zero-order valence-corrected chi connectivity index (χ0v) is 14.6. The van der Waals surface area contributed by atoms with Gasteiger partial charge in [-0.3, -0.25) is 4.79 Å². The van der Waals surface area contributed by atoms with Crippen molar-refractivity contribution in [1.29, 1.82) is 0 Å². The summed E-state index contributed by atoms with van der Waals surface area (Å²) in [6.45, 7) is 0.131. The number of nitrogens with one attached hydrogen (secondary N) is 1. The number of fused-ring (bicyclic) bond motifs is 1. The van der Waals surface area contributed by atoms with Gasteiger partial charge in [0.1, 0.15) is 5.75 Å². The standard InChI is InChI=1S/C20H22F2N2O2/c1-14-12-16-4-2-3-5-18(16)24(14)13-19(25)23-11-10-15-6-8-17(9-7-15)26-20(21)22/h2-9,14,20H,10-13H2,1H3,(H,23,25). The van der Waals surface area contributed by atoms with E-state index in [1.807, 2.05) is 12.1 Å². The van der Waals surface area contributed by atoms with Crippen LogP contribution >= 0.6 is 0 Å². The lowest BCUT2D eigenvalue weighted by atomic mass is 10.1. The van der Waals surface area contributed by atoms with Gasteiger partial charge in [0.05, 0.1) is 6.54 Å². The van der Waals surface area contributed by atoms with Crippen LogP contribution in [0.5, 0.6) is 5.75 Å². The van der Waals surface area contributed by atoms with Gasteiger partial charge in [-0.25, -0.2) is 0 Å². The van der Waals surface area contributed by atoms with E-state index in [1.165, 1.54) is 17.7 Å². The maximum atomic E-state index is 12.3. The van der Waals surface area contributed by atoms with E-state index in [1.54, 1.807) is 12.1 Å². The van der Waals surface area contributed by atoms with E-state index in [0.717, 1.165) is 17.7 Å². The molecule has 0 saturated carbocycles. The highest BCUT2D eigenvalue weighted by Gasteiger charge is 2.26. The molecule has 0 aliphatic carbocycles. The first-order valence-corrected chi connectivity index (χ1v) is 8.68. The van der Waals surface area contributed by atoms with Crippen LogP contribution in [0.1, 0.15) is 18.1 Å². The van der Waals surface area contributed by atoms with Gasteiger partial charge in [-0.05, 0) is 49.1 Å². The number of para-hydroxylation sites is 1. The molecule has 0 aromatic heterocycles. The number of hydrogen-bond acceptors (Lipinski definition) is 3. The molecule has 0 bridgehead atoms. The summed E-state index contributed by atoms with van der Waals surface area (Å²) in [4.78, 5) is 14.4. The number of ether oxygens (including phenoxy) is 1. The Morgan fingerprint density at radius 2 is 1.96 bits per heavy atom. The summed E-state index contributed by atoms with van der Waals surface area (Å²) in [7, 11) is 0. The molecule has 0 saturated heterocycles. The number of carbonyl (C=O) groups is 1. The first kappa shape index (κ1) is 18.2. The number of hydrogen-bond donors (Lipinski definition) is 1. The highest BCUT2D eigenvalue weighted by atomic mass is 19.3. The van der Waals surface area contributed by atoms with Crippen LogP contribution in [0.3, 0.4) is 0 Å². The van der Waals surface area contributed by atoms with Crippen molar-refractivity contribution in [2.24, 2.45) is 0 Å². The Bertz CT molecular complexity index is 750. The van der Waals surface area contributed by atoms with E-state index in [-0.39, 0.29) is 11.7 Å². The molecule has 1 heterocycles. The van der Waals surface area contributed by atoms with Gasteiger partial charge in [-0.15, -0.1) is 0 Å². The minimum Gasteiger partial charge on any atom is -0.435 e. The fraction of sp³-hybridized carbons (Fsp3) is 0.350. The lowest BCUT2D eigenvalue weighted by molar-refractivity contribution is -0.119. The van der Waals surface area contributed by atoms with Gasteiger partial charge in [0.2, 0.25) is 5.91 Å². The summed E-state index contributed by atoms with van der Waals surface area (Å²) >= 11 is 0. The van der Waals surface area contributed by atoms with Crippen LogP contribution < -0.4 is 15.0 Å². The molecule has 0 spiro atoms. The summed E-state index contributed by atoms with van der Waals surface area (Å²) in [6.07, 6.45) is 1.59. The molecule has 4 nitrogen and oxygen atoms in total. The third-order valence-electron chi connectivity index (χ3n) is 4.55. The minimum atomic E-state index is -2.82. The van der Waals surface area contributed by atoms with E-state index in [2.05, 4.69) is 34.0 Å². The first-order chi connectivity index (χ1) is 12.5. The number of anilines is 1. The van der Waals surface area contributed by atoms with Gasteiger partial charge < -0.3 is 15.0 Å². The average Bonchev–Trinajstić information content (AvgIpc) is 2.92. The van der Waals surface area contributed by atoms with Crippen LogP contribution in [-0.4, -0.2) is 31.7 Å². The van der Waals surface area contributed by atoms with Gasteiger partial charge >= 0.3 is 6.61 Å². The van der Waals surface area contributed by atoms with E-state index in [4.69, 9.17) is 0 Å². The predicted molar refractivity (Wildman–Crippen MR) is 96.7 cm³/mol. The van der Waals surface area contributed by atoms with Crippen LogP contribution in [0.15, 0.2) is 48.5 Å². The van der Waals surface area contributed by atoms with Crippen molar-refractivity contribution >= 4 is 11.6 Å². The van der Waals surface area contributed by atoms with Crippen molar-refractivity contribution in [2.75, 3.05) is 18.0 Å². The Balaban J connectivity index is 1.46. The number of carbonyl (C=O) groups excluding carboxylic acids is 1. The zero-order valence-electron chi connectivity index (χ0n) is 14.6. The Morgan fingerprint density at radius 1 is 1.23 bits per heavy atom. The normalized spacial score (nSPS) is 15.8. The van der Waals surface area contributed by atoms with E-state index in [9.17, 15) is 13.6 Å². The molecule has 1 amide bonds. The molecule has 26 heavy (non-hydrogen) atoms. The van der Waals surface area contributed by atoms with E-state index in [0.29, 0.717) is 25.6 Å². The number of alkyl halides is 2. The van der Waals surface area contributed by atoms with Crippen molar-refractivity contribution in [3.05, 3.63) is 59.7 Å². The fourth-order valence-electron chi connectivity index (χ4n) is 3.26. The van der Waals surface area contributed by atoms with Crippen LogP contribution in [0, 0.1) is 0 Å². The van der Waals surface area contributed by atoms with Crippen molar-refractivity contribution in [2.45, 2.75) is 32.4 Å². The van der Waals surface area contributed by atoms with Crippen LogP contribution in [0.2, 0.25) is 0 Å². The Kier molecular flexibility index (Phi) is 5.71. The van der Waals surface area contributed by atoms with Gasteiger partial charge in [-0.1, -0.05) is 30.3 Å². The molecule has 1 N–H and O–H groups in total. The topological polar surface area (TPSA) is 41.6 Å². The van der Waals surface area contributed by atoms with Crippen LogP contribution in [0.25, 0.3) is 0 Å². The van der Waals surface area contributed by atoms with Gasteiger partial charge in [0, 0.05) is 18.3 Å². The molecule has 1 unspecified atom stereocenters. The Labute approximate surface area is 151 Å². The van der Waals surface area contributed by atoms with E-state index >= 15 is 0 Å². The monoisotopic (exact) mass is 360 g/mol. The molecule has 3 rings (SSSR count). The Hall–Kier alpha value is -2.63. The summed E-state index contributed by atoms with van der Waals surface area (Å²) in [6, 6.07) is 14.9.